The molecule has 0 aliphatic carbocycles. The first-order valence-electron chi connectivity index (χ1n) is 6.05. The smallest absolute Gasteiger partial charge is 0.0946 e. The van der Waals surface area contributed by atoms with Crippen LogP contribution in [0.1, 0.15) is 30.0 Å². The van der Waals surface area contributed by atoms with Crippen molar-refractivity contribution < 1.29 is 5.11 Å². The Balaban J connectivity index is 2.37. The van der Waals surface area contributed by atoms with E-state index in [0.29, 0.717) is 0 Å². The van der Waals surface area contributed by atoms with Crippen LogP contribution in [0.25, 0.3) is 0 Å². The molecule has 2 heteroatoms. The first kappa shape index (κ1) is 11.6. The van der Waals surface area contributed by atoms with Crippen molar-refractivity contribution >= 4 is 0 Å². The van der Waals surface area contributed by atoms with Gasteiger partial charge in [0.05, 0.1) is 5.60 Å². The van der Waals surface area contributed by atoms with Gasteiger partial charge in [0.1, 0.15) is 0 Å². The largest absolute Gasteiger partial charge is 0.385 e. The molecule has 1 fully saturated rings. The molecule has 1 aliphatic rings. The molecule has 0 aromatic heterocycles. The lowest BCUT2D eigenvalue weighted by molar-refractivity contribution is -0.0392. The molecule has 16 heavy (non-hydrogen) atoms. The van der Waals surface area contributed by atoms with E-state index in [-0.39, 0.29) is 5.92 Å². The van der Waals surface area contributed by atoms with Gasteiger partial charge in [0.2, 0.25) is 0 Å². The monoisotopic (exact) mass is 219 g/mol. The van der Waals surface area contributed by atoms with Crippen molar-refractivity contribution in [3.8, 4) is 0 Å². The molecule has 2 atom stereocenters. The van der Waals surface area contributed by atoms with Crippen LogP contribution in [0, 0.1) is 19.8 Å². The second-order valence-corrected chi connectivity index (χ2v) is 5.08. The summed E-state index contributed by atoms with van der Waals surface area (Å²) in [6.07, 6.45) is 0.802. The summed E-state index contributed by atoms with van der Waals surface area (Å²) >= 11 is 0. The second-order valence-electron chi connectivity index (χ2n) is 5.08. The van der Waals surface area contributed by atoms with E-state index in [1.54, 1.807) is 0 Å². The summed E-state index contributed by atoms with van der Waals surface area (Å²) in [5.41, 5.74) is 2.97. The van der Waals surface area contributed by atoms with E-state index in [9.17, 15) is 5.11 Å². The van der Waals surface area contributed by atoms with Gasteiger partial charge in [0.15, 0.2) is 0 Å². The number of benzene rings is 1. The van der Waals surface area contributed by atoms with Crippen LogP contribution in [-0.2, 0) is 5.60 Å². The Hall–Kier alpha value is -0.860. The minimum absolute atomic E-state index is 0.267. The van der Waals surface area contributed by atoms with Crippen molar-refractivity contribution in [3.05, 3.63) is 34.9 Å². The number of aliphatic hydroxyl groups is 1. The molecule has 1 aromatic rings. The van der Waals surface area contributed by atoms with Gasteiger partial charge in [-0.2, -0.15) is 0 Å². The lowest BCUT2D eigenvalue weighted by atomic mass is 9.77. The van der Waals surface area contributed by atoms with Gasteiger partial charge in [0.25, 0.3) is 0 Å². The summed E-state index contributed by atoms with van der Waals surface area (Å²) in [7, 11) is 0. The highest BCUT2D eigenvalue weighted by molar-refractivity contribution is 5.34. The Bertz CT molecular complexity index is 388. The summed E-state index contributed by atoms with van der Waals surface area (Å²) < 4.78 is 0. The van der Waals surface area contributed by atoms with Crippen molar-refractivity contribution in [2.45, 2.75) is 32.8 Å². The standard InChI is InChI=1S/C14H21NO/c1-10-4-5-13(8-11(10)2)14(16)6-7-15-9-12(14)3/h4-5,8,12,15-16H,6-7,9H2,1-3H3. The lowest BCUT2D eigenvalue weighted by Crippen LogP contribution is -2.46. The molecule has 2 unspecified atom stereocenters. The van der Waals surface area contributed by atoms with Crippen LogP contribution in [0.3, 0.4) is 0 Å². The molecule has 1 heterocycles. The van der Waals surface area contributed by atoms with E-state index in [2.05, 4.69) is 44.3 Å². The number of hydrogen-bond donors (Lipinski definition) is 2. The van der Waals surface area contributed by atoms with Gasteiger partial charge in [-0.15, -0.1) is 0 Å². The zero-order chi connectivity index (χ0) is 11.8. The fourth-order valence-corrected chi connectivity index (χ4v) is 2.45. The van der Waals surface area contributed by atoms with Crippen LogP contribution < -0.4 is 5.32 Å². The second kappa shape index (κ2) is 4.19. The number of aryl methyl sites for hydroxylation is 2. The van der Waals surface area contributed by atoms with E-state index in [1.165, 1.54) is 11.1 Å². The molecule has 0 amide bonds. The van der Waals surface area contributed by atoms with Gasteiger partial charge in [-0.05, 0) is 43.5 Å². The fourth-order valence-electron chi connectivity index (χ4n) is 2.45. The van der Waals surface area contributed by atoms with Crippen molar-refractivity contribution in [1.82, 2.24) is 5.32 Å². The van der Waals surface area contributed by atoms with E-state index >= 15 is 0 Å². The molecular weight excluding hydrogens is 198 g/mol. The maximum Gasteiger partial charge on any atom is 0.0946 e. The molecule has 0 bridgehead atoms. The van der Waals surface area contributed by atoms with Gasteiger partial charge in [-0.3, -0.25) is 0 Å². The SMILES string of the molecule is Cc1ccc(C2(O)CCNCC2C)cc1C. The van der Waals surface area contributed by atoms with Crippen LogP contribution in [0.4, 0.5) is 0 Å². The lowest BCUT2D eigenvalue weighted by Gasteiger charge is -2.39. The van der Waals surface area contributed by atoms with Gasteiger partial charge in [0, 0.05) is 12.5 Å². The third kappa shape index (κ3) is 1.87. The summed E-state index contributed by atoms with van der Waals surface area (Å²) in [5.74, 6) is 0.267. The van der Waals surface area contributed by atoms with Gasteiger partial charge in [-0.1, -0.05) is 25.1 Å². The molecule has 0 saturated carbocycles. The van der Waals surface area contributed by atoms with E-state index in [4.69, 9.17) is 0 Å². The Labute approximate surface area is 97.7 Å². The first-order chi connectivity index (χ1) is 7.54. The summed E-state index contributed by atoms with van der Waals surface area (Å²) in [6.45, 7) is 8.11. The molecule has 88 valence electrons. The minimum Gasteiger partial charge on any atom is -0.385 e. The van der Waals surface area contributed by atoms with Crippen molar-refractivity contribution in [1.29, 1.82) is 0 Å². The molecule has 1 saturated heterocycles. The Morgan fingerprint density at radius 1 is 1.31 bits per heavy atom. The van der Waals surface area contributed by atoms with E-state index in [1.807, 2.05) is 0 Å². The zero-order valence-electron chi connectivity index (χ0n) is 10.4. The van der Waals surface area contributed by atoms with E-state index in [0.717, 1.165) is 25.1 Å². The Morgan fingerprint density at radius 2 is 2.06 bits per heavy atom. The van der Waals surface area contributed by atoms with Crippen molar-refractivity contribution in [2.24, 2.45) is 5.92 Å². The maximum absolute atomic E-state index is 10.8. The molecule has 1 aliphatic heterocycles. The van der Waals surface area contributed by atoms with Crippen LogP contribution in [0.5, 0.6) is 0 Å². The van der Waals surface area contributed by atoms with Crippen molar-refractivity contribution in [3.63, 3.8) is 0 Å². The maximum atomic E-state index is 10.8. The fraction of sp³-hybridized carbons (Fsp3) is 0.571. The molecule has 2 rings (SSSR count). The molecule has 2 nitrogen and oxygen atoms in total. The number of hydrogen-bond acceptors (Lipinski definition) is 2. The Morgan fingerprint density at radius 3 is 2.69 bits per heavy atom. The highest BCUT2D eigenvalue weighted by atomic mass is 16.3. The number of piperidine rings is 1. The molecule has 2 N–H and O–H groups in total. The highest BCUT2D eigenvalue weighted by Crippen LogP contribution is 2.35. The molecular formula is C14H21NO. The summed E-state index contributed by atoms with van der Waals surface area (Å²) in [6, 6.07) is 6.32. The predicted molar refractivity (Wildman–Crippen MR) is 66.5 cm³/mol. The normalized spacial score (nSPS) is 30.4. The van der Waals surface area contributed by atoms with Crippen LogP contribution >= 0.6 is 0 Å². The Kier molecular flexibility index (Phi) is 3.04. The molecule has 1 aromatic carbocycles. The predicted octanol–water partition coefficient (Wildman–Crippen LogP) is 2.12. The topological polar surface area (TPSA) is 32.3 Å². The van der Waals surface area contributed by atoms with Crippen LogP contribution in [-0.4, -0.2) is 18.2 Å². The van der Waals surface area contributed by atoms with Gasteiger partial charge >= 0.3 is 0 Å². The molecule has 0 radical (unpaired) electrons. The quantitative estimate of drug-likeness (QED) is 0.758. The summed E-state index contributed by atoms with van der Waals surface area (Å²) in [5, 5.41) is 14.1. The van der Waals surface area contributed by atoms with Crippen LogP contribution in [0.2, 0.25) is 0 Å². The highest BCUT2D eigenvalue weighted by Gasteiger charge is 2.37. The average Bonchev–Trinajstić information content (AvgIpc) is 2.26. The van der Waals surface area contributed by atoms with Gasteiger partial charge < -0.3 is 10.4 Å². The summed E-state index contributed by atoms with van der Waals surface area (Å²) in [4.78, 5) is 0. The number of nitrogens with one attached hydrogen (secondary N) is 1. The third-order valence-electron chi connectivity index (χ3n) is 3.96. The average molecular weight is 219 g/mol. The third-order valence-corrected chi connectivity index (χ3v) is 3.96. The van der Waals surface area contributed by atoms with E-state index < -0.39 is 5.60 Å². The van der Waals surface area contributed by atoms with Gasteiger partial charge in [-0.25, -0.2) is 0 Å². The molecule has 0 spiro atoms. The number of rotatable bonds is 1. The van der Waals surface area contributed by atoms with Crippen LogP contribution in [0.15, 0.2) is 18.2 Å². The van der Waals surface area contributed by atoms with Crippen molar-refractivity contribution in [2.75, 3.05) is 13.1 Å². The zero-order valence-corrected chi connectivity index (χ0v) is 10.4. The minimum atomic E-state index is -0.649. The first-order valence-corrected chi connectivity index (χ1v) is 6.05.